The van der Waals surface area contributed by atoms with Crippen molar-refractivity contribution in [2.45, 2.75) is 25.8 Å². The van der Waals surface area contributed by atoms with Crippen LogP contribution in [0.25, 0.3) is 5.52 Å². The van der Waals surface area contributed by atoms with Crippen molar-refractivity contribution in [2.75, 3.05) is 13.1 Å². The molecule has 1 aromatic carbocycles. The average molecular weight is 383 g/mol. The molecule has 7 nitrogen and oxygen atoms in total. The average Bonchev–Trinajstić information content (AvgIpc) is 3.17. The standard InChI is InChI=1S/C19H22N5O2P/c25-19(18-12-16-14-20-8-11-24(16)22-18)21-13-15-4-6-17(7-5-15)27(26)23-9-2-1-3-10-23/h4-8,11-12,14,26H,1-3,9-10,13H2,(H,21,25). The van der Waals surface area contributed by atoms with Gasteiger partial charge in [0, 0.05) is 37.3 Å². The fourth-order valence-electron chi connectivity index (χ4n) is 3.21. The molecule has 8 heteroatoms. The minimum Gasteiger partial charge on any atom is -0.356 e. The summed E-state index contributed by atoms with van der Waals surface area (Å²) in [7, 11) is -1.25. The van der Waals surface area contributed by atoms with Crippen molar-refractivity contribution in [2.24, 2.45) is 0 Å². The molecule has 1 unspecified atom stereocenters. The van der Waals surface area contributed by atoms with Crippen LogP contribution in [0.4, 0.5) is 0 Å². The minimum absolute atomic E-state index is 0.222. The zero-order valence-corrected chi connectivity index (χ0v) is 15.8. The molecule has 0 radical (unpaired) electrons. The first-order valence-corrected chi connectivity index (χ1v) is 10.4. The van der Waals surface area contributed by atoms with Gasteiger partial charge >= 0.3 is 0 Å². The van der Waals surface area contributed by atoms with Gasteiger partial charge in [-0.05, 0) is 24.5 Å². The Morgan fingerprint density at radius 2 is 1.96 bits per heavy atom. The number of benzene rings is 1. The summed E-state index contributed by atoms with van der Waals surface area (Å²) in [6.45, 7) is 2.35. The fraction of sp³-hybridized carbons (Fsp3) is 0.316. The number of rotatable bonds is 5. The molecule has 1 saturated heterocycles. The number of hydrogen-bond donors (Lipinski definition) is 2. The number of piperidine rings is 1. The Kier molecular flexibility index (Phi) is 5.43. The molecule has 2 N–H and O–H groups in total. The highest BCUT2D eigenvalue weighted by atomic mass is 31.2. The molecule has 1 aliphatic heterocycles. The van der Waals surface area contributed by atoms with Gasteiger partial charge in [0.05, 0.1) is 11.7 Å². The molecule has 1 amide bonds. The molecule has 1 atom stereocenters. The number of nitrogens with zero attached hydrogens (tertiary/aromatic N) is 4. The van der Waals surface area contributed by atoms with Crippen molar-refractivity contribution < 1.29 is 9.69 Å². The highest BCUT2D eigenvalue weighted by molar-refractivity contribution is 7.57. The fourth-order valence-corrected chi connectivity index (χ4v) is 4.61. The Morgan fingerprint density at radius 3 is 2.70 bits per heavy atom. The monoisotopic (exact) mass is 383 g/mol. The van der Waals surface area contributed by atoms with E-state index in [0.717, 1.165) is 42.3 Å². The lowest BCUT2D eigenvalue weighted by atomic mass is 10.2. The molecule has 0 spiro atoms. The van der Waals surface area contributed by atoms with Crippen molar-refractivity contribution in [1.82, 2.24) is 24.6 Å². The van der Waals surface area contributed by atoms with Gasteiger partial charge in [-0.1, -0.05) is 30.7 Å². The van der Waals surface area contributed by atoms with E-state index >= 15 is 0 Å². The largest absolute Gasteiger partial charge is 0.356 e. The predicted octanol–water partition coefficient (Wildman–Crippen LogP) is 2.07. The number of carbonyl (C=O) groups excluding carboxylic acids is 1. The summed E-state index contributed by atoms with van der Waals surface area (Å²) in [6.07, 6.45) is 8.56. The smallest absolute Gasteiger partial charge is 0.272 e. The number of fused-ring (bicyclic) bond motifs is 1. The Morgan fingerprint density at radius 1 is 1.19 bits per heavy atom. The van der Waals surface area contributed by atoms with E-state index in [9.17, 15) is 9.69 Å². The molecule has 140 valence electrons. The summed E-state index contributed by atoms with van der Waals surface area (Å²) in [5, 5.41) is 8.08. The van der Waals surface area contributed by atoms with Crippen LogP contribution in [0.1, 0.15) is 35.3 Å². The van der Waals surface area contributed by atoms with Crippen molar-refractivity contribution in [3.63, 3.8) is 0 Å². The molecule has 4 rings (SSSR count). The normalized spacial score (nSPS) is 16.3. The first-order valence-electron chi connectivity index (χ1n) is 9.11. The van der Waals surface area contributed by atoms with Crippen LogP contribution in [-0.4, -0.2) is 43.2 Å². The molecule has 0 aliphatic carbocycles. The van der Waals surface area contributed by atoms with Gasteiger partial charge in [0.1, 0.15) is 8.30 Å². The molecular formula is C19H22N5O2P. The molecule has 27 heavy (non-hydrogen) atoms. The van der Waals surface area contributed by atoms with Gasteiger partial charge in [0.15, 0.2) is 5.69 Å². The molecular weight excluding hydrogens is 361 g/mol. The quantitative estimate of drug-likeness (QED) is 0.659. The maximum Gasteiger partial charge on any atom is 0.272 e. The maximum absolute atomic E-state index is 12.3. The van der Waals surface area contributed by atoms with E-state index in [2.05, 4.69) is 20.1 Å². The number of amides is 1. The van der Waals surface area contributed by atoms with Crippen LogP contribution in [-0.2, 0) is 6.54 Å². The summed E-state index contributed by atoms with van der Waals surface area (Å²) in [5.41, 5.74) is 2.13. The zero-order valence-electron chi connectivity index (χ0n) is 15.0. The molecule has 1 aliphatic rings. The summed E-state index contributed by atoms with van der Waals surface area (Å²) >= 11 is 0. The van der Waals surface area contributed by atoms with E-state index in [1.807, 2.05) is 24.3 Å². The summed E-state index contributed by atoms with van der Waals surface area (Å²) in [6, 6.07) is 9.54. The van der Waals surface area contributed by atoms with Crippen LogP contribution in [0, 0.1) is 0 Å². The zero-order chi connectivity index (χ0) is 18.6. The van der Waals surface area contributed by atoms with E-state index in [1.165, 1.54) is 6.42 Å². The van der Waals surface area contributed by atoms with Crippen molar-refractivity contribution in [1.29, 1.82) is 0 Å². The van der Waals surface area contributed by atoms with Gasteiger partial charge in [-0.15, -0.1) is 0 Å². The highest BCUT2D eigenvalue weighted by Crippen LogP contribution is 2.36. The van der Waals surface area contributed by atoms with Gasteiger partial charge in [-0.25, -0.2) is 4.52 Å². The number of hydrogen-bond acceptors (Lipinski definition) is 5. The number of carbonyl (C=O) groups is 1. The lowest BCUT2D eigenvalue weighted by Gasteiger charge is -2.30. The summed E-state index contributed by atoms with van der Waals surface area (Å²) in [5.74, 6) is -0.222. The van der Waals surface area contributed by atoms with Crippen molar-refractivity contribution in [3.05, 3.63) is 60.2 Å². The van der Waals surface area contributed by atoms with Gasteiger partial charge in [-0.2, -0.15) is 5.10 Å². The van der Waals surface area contributed by atoms with Gasteiger partial charge in [0.25, 0.3) is 5.91 Å². The van der Waals surface area contributed by atoms with Crippen LogP contribution >= 0.6 is 8.30 Å². The van der Waals surface area contributed by atoms with E-state index in [1.54, 1.807) is 29.2 Å². The first kappa shape index (κ1) is 18.0. The molecule has 0 saturated carbocycles. The number of nitrogens with one attached hydrogen (secondary N) is 1. The van der Waals surface area contributed by atoms with Gasteiger partial charge in [0.2, 0.25) is 0 Å². The third-order valence-electron chi connectivity index (χ3n) is 4.72. The third kappa shape index (κ3) is 4.16. The lowest BCUT2D eigenvalue weighted by molar-refractivity contribution is 0.0945. The summed E-state index contributed by atoms with van der Waals surface area (Å²) < 4.78 is 3.80. The Balaban J connectivity index is 1.36. The Labute approximate surface area is 158 Å². The van der Waals surface area contributed by atoms with E-state index in [4.69, 9.17) is 0 Å². The first-order chi connectivity index (χ1) is 13.2. The predicted molar refractivity (Wildman–Crippen MR) is 105 cm³/mol. The molecule has 2 aromatic heterocycles. The second-order valence-corrected chi connectivity index (χ2v) is 8.29. The van der Waals surface area contributed by atoms with Gasteiger partial charge in [-0.3, -0.25) is 14.4 Å². The molecule has 0 bridgehead atoms. The Bertz CT molecular complexity index is 888. The van der Waals surface area contributed by atoms with Gasteiger partial charge < -0.3 is 10.2 Å². The number of aromatic nitrogens is 3. The van der Waals surface area contributed by atoms with Crippen LogP contribution < -0.4 is 10.6 Å². The van der Waals surface area contributed by atoms with Crippen LogP contribution in [0.15, 0.2) is 48.9 Å². The minimum atomic E-state index is -1.25. The van der Waals surface area contributed by atoms with Crippen molar-refractivity contribution >= 4 is 25.0 Å². The summed E-state index contributed by atoms with van der Waals surface area (Å²) in [4.78, 5) is 26.9. The SMILES string of the molecule is O=C(NCc1ccc(P(O)N2CCCCC2)cc1)c1cc2cnccn2n1. The van der Waals surface area contributed by atoms with E-state index in [-0.39, 0.29) is 5.91 Å². The van der Waals surface area contributed by atoms with Crippen molar-refractivity contribution in [3.8, 4) is 0 Å². The highest BCUT2D eigenvalue weighted by Gasteiger charge is 2.20. The topological polar surface area (TPSA) is 82.8 Å². The van der Waals surface area contributed by atoms with Crippen LogP contribution in [0.2, 0.25) is 0 Å². The van der Waals surface area contributed by atoms with E-state index < -0.39 is 8.30 Å². The second-order valence-electron chi connectivity index (χ2n) is 6.63. The molecule has 3 heterocycles. The third-order valence-corrected chi connectivity index (χ3v) is 6.41. The molecule has 1 fully saturated rings. The second kappa shape index (κ2) is 8.13. The lowest BCUT2D eigenvalue weighted by Crippen LogP contribution is -2.28. The molecule has 3 aromatic rings. The van der Waals surface area contributed by atoms with Crippen LogP contribution in [0.3, 0.4) is 0 Å². The Hall–Kier alpha value is -2.34. The maximum atomic E-state index is 12.3. The van der Waals surface area contributed by atoms with E-state index in [0.29, 0.717) is 12.2 Å². The van der Waals surface area contributed by atoms with Crippen LogP contribution in [0.5, 0.6) is 0 Å².